The minimum Gasteiger partial charge on any atom is -0.391 e. The predicted octanol–water partition coefficient (Wildman–Crippen LogP) is -0.542. The van der Waals surface area contributed by atoms with E-state index in [4.69, 9.17) is 5.11 Å². The number of nitro groups is 1. The van der Waals surface area contributed by atoms with E-state index in [-0.39, 0.29) is 17.1 Å². The quantitative estimate of drug-likeness (QED) is 0.258. The lowest BCUT2D eigenvalue weighted by atomic mass is 10.1. The van der Waals surface area contributed by atoms with Crippen LogP contribution < -0.4 is 5.43 Å². The molecule has 0 saturated carbocycles. The summed E-state index contributed by atoms with van der Waals surface area (Å²) in [6, 6.07) is 5.68. The van der Waals surface area contributed by atoms with Crippen LogP contribution >= 0.6 is 0 Å². The molecule has 0 radical (unpaired) electrons. The van der Waals surface area contributed by atoms with Gasteiger partial charge < -0.3 is 20.4 Å². The van der Waals surface area contributed by atoms with Crippen molar-refractivity contribution in [3.05, 3.63) is 34.4 Å². The summed E-state index contributed by atoms with van der Waals surface area (Å²) in [4.78, 5) is 10.2. The molecule has 116 valence electrons. The second-order valence-corrected chi connectivity index (χ2v) is 4.32. The Labute approximate surface area is 120 Å². The molecular formula is C12H17N3O6. The zero-order valence-electron chi connectivity index (χ0n) is 11.2. The first-order valence-electron chi connectivity index (χ1n) is 6.09. The number of aliphatic hydroxyl groups is 4. The Balaban J connectivity index is 2.94. The average Bonchev–Trinajstić information content (AvgIpc) is 2.46. The molecule has 0 aliphatic rings. The second-order valence-electron chi connectivity index (χ2n) is 4.32. The average molecular weight is 299 g/mol. The van der Waals surface area contributed by atoms with Crippen molar-refractivity contribution in [1.82, 2.24) is 0 Å². The van der Waals surface area contributed by atoms with Gasteiger partial charge in [0, 0.05) is 6.07 Å². The molecule has 5 N–H and O–H groups in total. The van der Waals surface area contributed by atoms with E-state index in [1.807, 2.05) is 0 Å². The number of hydrazone groups is 1. The number of hydrogen-bond donors (Lipinski definition) is 5. The molecular weight excluding hydrogens is 282 g/mol. The third-order valence-corrected chi connectivity index (χ3v) is 2.74. The van der Waals surface area contributed by atoms with Gasteiger partial charge in [0.05, 0.1) is 23.3 Å². The molecule has 0 bridgehead atoms. The zero-order chi connectivity index (χ0) is 16.0. The number of hydrogen-bond acceptors (Lipinski definition) is 8. The van der Waals surface area contributed by atoms with Crippen LogP contribution in [0.25, 0.3) is 0 Å². The Hall–Kier alpha value is -2.07. The van der Waals surface area contributed by atoms with Crippen molar-refractivity contribution < 1.29 is 25.3 Å². The summed E-state index contributed by atoms with van der Waals surface area (Å²) < 4.78 is 0. The molecule has 0 saturated heterocycles. The monoisotopic (exact) mass is 299 g/mol. The minimum absolute atomic E-state index is 0.0622. The maximum absolute atomic E-state index is 10.8. The van der Waals surface area contributed by atoms with Crippen LogP contribution in [0.2, 0.25) is 0 Å². The lowest BCUT2D eigenvalue weighted by Gasteiger charge is -2.20. The number of aliphatic hydroxyl groups excluding tert-OH is 4. The van der Waals surface area contributed by atoms with Gasteiger partial charge in [0.25, 0.3) is 5.69 Å². The van der Waals surface area contributed by atoms with Gasteiger partial charge in [-0.05, 0) is 13.0 Å². The van der Waals surface area contributed by atoms with Crippen LogP contribution in [0.15, 0.2) is 29.4 Å². The molecule has 0 unspecified atom stereocenters. The summed E-state index contributed by atoms with van der Waals surface area (Å²) in [6.45, 7) is 0.566. The first-order chi connectivity index (χ1) is 9.88. The first kappa shape index (κ1) is 17.0. The zero-order valence-corrected chi connectivity index (χ0v) is 11.2. The van der Waals surface area contributed by atoms with Crippen LogP contribution in [0, 0.1) is 10.1 Å². The Bertz CT molecular complexity index is 519. The van der Waals surface area contributed by atoms with Crippen molar-refractivity contribution in [2.45, 2.75) is 25.2 Å². The second kappa shape index (κ2) is 7.64. The standard InChI is InChI=1S/C12H17N3O6/c1-7(17)11(18)12(19)9(6-16)14-13-8-4-2-3-5-10(8)15(20)21/h2-5,7,11-13,16-19H,6H2,1H3/b14-9-/t7-,11+,12-/m0/s1. The summed E-state index contributed by atoms with van der Waals surface area (Å²) in [6.07, 6.45) is -4.38. The lowest BCUT2D eigenvalue weighted by molar-refractivity contribution is -0.384. The van der Waals surface area contributed by atoms with Crippen molar-refractivity contribution >= 4 is 17.1 Å². The van der Waals surface area contributed by atoms with Gasteiger partial charge in [0.15, 0.2) is 0 Å². The van der Waals surface area contributed by atoms with E-state index in [9.17, 15) is 25.4 Å². The molecule has 1 aromatic carbocycles. The van der Waals surface area contributed by atoms with Gasteiger partial charge in [-0.25, -0.2) is 0 Å². The third kappa shape index (κ3) is 4.46. The van der Waals surface area contributed by atoms with Gasteiger partial charge in [-0.2, -0.15) is 5.10 Å². The van der Waals surface area contributed by atoms with Crippen LogP contribution in [0.1, 0.15) is 6.92 Å². The van der Waals surface area contributed by atoms with E-state index in [1.54, 1.807) is 6.07 Å². The third-order valence-electron chi connectivity index (χ3n) is 2.74. The molecule has 0 amide bonds. The maximum Gasteiger partial charge on any atom is 0.294 e. The van der Waals surface area contributed by atoms with Crippen molar-refractivity contribution in [3.63, 3.8) is 0 Å². The number of benzene rings is 1. The molecule has 0 spiro atoms. The van der Waals surface area contributed by atoms with E-state index < -0.39 is 29.8 Å². The smallest absolute Gasteiger partial charge is 0.294 e. The molecule has 1 aromatic rings. The fourth-order valence-electron chi connectivity index (χ4n) is 1.52. The van der Waals surface area contributed by atoms with Gasteiger partial charge in [-0.15, -0.1) is 0 Å². The summed E-state index contributed by atoms with van der Waals surface area (Å²) in [7, 11) is 0. The molecule has 0 heterocycles. The first-order valence-corrected chi connectivity index (χ1v) is 6.09. The Morgan fingerprint density at radius 2 is 2.00 bits per heavy atom. The lowest BCUT2D eigenvalue weighted by Crippen LogP contribution is -2.42. The van der Waals surface area contributed by atoms with Crippen molar-refractivity contribution in [3.8, 4) is 0 Å². The highest BCUT2D eigenvalue weighted by Gasteiger charge is 2.26. The molecule has 1 rings (SSSR count). The fourth-order valence-corrected chi connectivity index (χ4v) is 1.52. The molecule has 9 heteroatoms. The highest BCUT2D eigenvalue weighted by Crippen LogP contribution is 2.23. The van der Waals surface area contributed by atoms with Crippen LogP contribution in [0.4, 0.5) is 11.4 Å². The van der Waals surface area contributed by atoms with Crippen molar-refractivity contribution in [2.75, 3.05) is 12.0 Å². The van der Waals surface area contributed by atoms with E-state index in [0.29, 0.717) is 0 Å². The van der Waals surface area contributed by atoms with Crippen LogP contribution in [-0.4, -0.2) is 56.0 Å². The molecule has 0 fully saturated rings. The number of nitrogens with one attached hydrogen (secondary N) is 1. The number of nitro benzene ring substituents is 1. The van der Waals surface area contributed by atoms with Gasteiger partial charge >= 0.3 is 0 Å². The Kier molecular flexibility index (Phi) is 6.18. The Morgan fingerprint density at radius 3 is 2.52 bits per heavy atom. The normalized spacial score (nSPS) is 16.1. The number of rotatable bonds is 7. The van der Waals surface area contributed by atoms with Gasteiger partial charge in [-0.1, -0.05) is 12.1 Å². The fraction of sp³-hybridized carbons (Fsp3) is 0.417. The van der Waals surface area contributed by atoms with E-state index in [1.165, 1.54) is 25.1 Å². The predicted molar refractivity (Wildman–Crippen MR) is 74.9 cm³/mol. The van der Waals surface area contributed by atoms with Crippen LogP contribution in [-0.2, 0) is 0 Å². The molecule has 0 aromatic heterocycles. The van der Waals surface area contributed by atoms with Crippen LogP contribution in [0.5, 0.6) is 0 Å². The SMILES string of the molecule is C[C@H](O)[C@@H](O)[C@@H](O)/C(CO)=N\Nc1ccccc1[N+](=O)[O-]. The molecule has 9 nitrogen and oxygen atoms in total. The van der Waals surface area contributed by atoms with Crippen molar-refractivity contribution in [1.29, 1.82) is 0 Å². The minimum atomic E-state index is -1.61. The highest BCUT2D eigenvalue weighted by molar-refractivity contribution is 5.90. The van der Waals surface area contributed by atoms with Crippen molar-refractivity contribution in [2.24, 2.45) is 5.10 Å². The summed E-state index contributed by atoms with van der Waals surface area (Å²) in [5, 5.41) is 52.0. The summed E-state index contributed by atoms with van der Waals surface area (Å²) in [5.41, 5.74) is 1.92. The molecule has 3 atom stereocenters. The van der Waals surface area contributed by atoms with Gasteiger partial charge in [0.2, 0.25) is 0 Å². The molecule has 0 aliphatic heterocycles. The number of nitrogens with zero attached hydrogens (tertiary/aromatic N) is 2. The summed E-state index contributed by atoms with van der Waals surface area (Å²) >= 11 is 0. The molecule has 0 aliphatic carbocycles. The van der Waals surface area contributed by atoms with Gasteiger partial charge in [0.1, 0.15) is 17.9 Å². The van der Waals surface area contributed by atoms with E-state index in [2.05, 4.69) is 10.5 Å². The largest absolute Gasteiger partial charge is 0.391 e. The molecule has 21 heavy (non-hydrogen) atoms. The van der Waals surface area contributed by atoms with Gasteiger partial charge in [-0.3, -0.25) is 15.5 Å². The number of anilines is 1. The number of para-hydroxylation sites is 2. The highest BCUT2D eigenvalue weighted by atomic mass is 16.6. The summed E-state index contributed by atoms with van der Waals surface area (Å²) in [5.74, 6) is 0. The van der Waals surface area contributed by atoms with E-state index in [0.717, 1.165) is 0 Å². The van der Waals surface area contributed by atoms with E-state index >= 15 is 0 Å². The topological polar surface area (TPSA) is 148 Å². The maximum atomic E-state index is 10.8. The van der Waals surface area contributed by atoms with Crippen LogP contribution in [0.3, 0.4) is 0 Å². The Morgan fingerprint density at radius 1 is 1.38 bits per heavy atom.